The van der Waals surface area contributed by atoms with Crippen LogP contribution in [0.25, 0.3) is 0 Å². The Morgan fingerprint density at radius 1 is 1.03 bits per heavy atom. The molecule has 0 aromatic heterocycles. The van der Waals surface area contributed by atoms with Crippen LogP contribution in [0.4, 0.5) is 0 Å². The maximum Gasteiger partial charge on any atom is 0.338 e. The van der Waals surface area contributed by atoms with Crippen LogP contribution in [0.1, 0.15) is 10.4 Å². The fraction of sp³-hybridized carbons (Fsp3) is 0.591. The number of carbonyl (C=O) groups is 1. The summed E-state index contributed by atoms with van der Waals surface area (Å²) in [4.78, 5) is 12.7. The van der Waals surface area contributed by atoms with Crippen LogP contribution in [0.3, 0.4) is 0 Å². The molecule has 3 aliphatic heterocycles. The minimum atomic E-state index is -1.62. The Hall–Kier alpha value is -2.09. The number of hydrogen-bond donors (Lipinski definition) is 5. The molecule has 0 bridgehead atoms. The molecule has 5 rings (SSSR count). The molecule has 11 nitrogen and oxygen atoms in total. The highest BCUT2D eigenvalue weighted by atomic mass is 16.8. The largest absolute Gasteiger partial charge is 0.472 e. The number of aliphatic hydroxyl groups is 5. The van der Waals surface area contributed by atoms with Crippen molar-refractivity contribution in [2.45, 2.75) is 54.8 Å². The highest BCUT2D eigenvalue weighted by Gasteiger charge is 2.77. The normalized spacial score (nSPS) is 45.6. The second-order valence-corrected chi connectivity index (χ2v) is 8.66. The molecule has 3 heterocycles. The third kappa shape index (κ3) is 3.65. The fourth-order valence-corrected chi connectivity index (χ4v) is 5.05. The summed E-state index contributed by atoms with van der Waals surface area (Å²) in [5, 5.41) is 49.9. The van der Waals surface area contributed by atoms with Gasteiger partial charge in [-0.2, -0.15) is 0 Å². The molecule has 180 valence electrons. The Kier molecular flexibility index (Phi) is 5.91. The van der Waals surface area contributed by atoms with Crippen molar-refractivity contribution in [3.05, 3.63) is 48.2 Å². The zero-order valence-corrected chi connectivity index (χ0v) is 17.4. The molecule has 33 heavy (non-hydrogen) atoms. The summed E-state index contributed by atoms with van der Waals surface area (Å²) < 4.78 is 28.4. The van der Waals surface area contributed by atoms with Crippen molar-refractivity contribution >= 4 is 5.97 Å². The number of aliphatic hydroxyl groups excluding tert-OH is 5. The maximum absolute atomic E-state index is 12.7. The first-order valence-electron chi connectivity index (χ1n) is 10.7. The standard InChI is InChI=1S/C22H26O11/c23-8-12-14(25)15(26)16(27)21(30-12)32-20-13-11(6-7-29-20)17(18-22(13,9-24)33-18)31-19(28)10-4-2-1-3-5-10/h1-7,11-18,20-21,23-27H,8-9H2/t11-,12+,13+,14+,15-,16+,17+,18-,20-,21+,22-/m0/s1. The maximum atomic E-state index is 12.7. The lowest BCUT2D eigenvalue weighted by Crippen LogP contribution is -2.60. The minimum Gasteiger partial charge on any atom is -0.472 e. The molecule has 1 aromatic rings. The van der Waals surface area contributed by atoms with Crippen molar-refractivity contribution in [2.24, 2.45) is 11.8 Å². The fourth-order valence-electron chi connectivity index (χ4n) is 5.05. The molecule has 1 aliphatic carbocycles. The van der Waals surface area contributed by atoms with Crippen LogP contribution in [0, 0.1) is 11.8 Å². The highest BCUT2D eigenvalue weighted by Crippen LogP contribution is 2.60. The molecule has 3 fully saturated rings. The lowest BCUT2D eigenvalue weighted by atomic mass is 9.85. The summed E-state index contributed by atoms with van der Waals surface area (Å²) in [5.74, 6) is -1.58. The summed E-state index contributed by atoms with van der Waals surface area (Å²) in [6.07, 6.45) is -6.67. The lowest BCUT2D eigenvalue weighted by Gasteiger charge is -2.43. The number of carbonyl (C=O) groups excluding carboxylic acids is 1. The molecule has 0 amide bonds. The summed E-state index contributed by atoms with van der Waals surface area (Å²) in [5.41, 5.74) is -0.711. The molecule has 0 radical (unpaired) electrons. The van der Waals surface area contributed by atoms with E-state index in [1.54, 1.807) is 36.4 Å². The van der Waals surface area contributed by atoms with Crippen molar-refractivity contribution in [1.29, 1.82) is 0 Å². The van der Waals surface area contributed by atoms with Gasteiger partial charge < -0.3 is 49.2 Å². The molecule has 1 aromatic carbocycles. The van der Waals surface area contributed by atoms with Gasteiger partial charge in [0.1, 0.15) is 42.2 Å². The van der Waals surface area contributed by atoms with E-state index in [1.807, 2.05) is 0 Å². The van der Waals surface area contributed by atoms with Crippen LogP contribution in [-0.2, 0) is 23.7 Å². The Bertz CT molecular complexity index is 892. The Labute approximate surface area is 188 Å². The predicted molar refractivity (Wildman–Crippen MR) is 106 cm³/mol. The first-order chi connectivity index (χ1) is 15.9. The van der Waals surface area contributed by atoms with E-state index in [-0.39, 0.29) is 6.61 Å². The third-order valence-electron chi connectivity index (χ3n) is 6.85. The number of fused-ring (bicyclic) bond motifs is 3. The van der Waals surface area contributed by atoms with Crippen LogP contribution in [0.5, 0.6) is 0 Å². The topological polar surface area (TPSA) is 168 Å². The Morgan fingerprint density at radius 3 is 2.48 bits per heavy atom. The van der Waals surface area contributed by atoms with E-state index < -0.39 is 79.2 Å². The number of esters is 1. The third-order valence-corrected chi connectivity index (χ3v) is 6.85. The monoisotopic (exact) mass is 466 g/mol. The van der Waals surface area contributed by atoms with E-state index in [1.165, 1.54) is 6.26 Å². The van der Waals surface area contributed by atoms with Gasteiger partial charge in [0.25, 0.3) is 0 Å². The summed E-state index contributed by atoms with van der Waals surface area (Å²) in [7, 11) is 0. The van der Waals surface area contributed by atoms with Gasteiger partial charge in [-0.3, -0.25) is 0 Å². The number of ether oxygens (including phenoxy) is 5. The van der Waals surface area contributed by atoms with Crippen LogP contribution >= 0.6 is 0 Å². The van der Waals surface area contributed by atoms with Crippen molar-refractivity contribution in [3.8, 4) is 0 Å². The minimum absolute atomic E-state index is 0.376. The van der Waals surface area contributed by atoms with E-state index in [2.05, 4.69) is 0 Å². The molecule has 11 atom stereocenters. The van der Waals surface area contributed by atoms with E-state index in [9.17, 15) is 30.3 Å². The summed E-state index contributed by atoms with van der Waals surface area (Å²) in [6.45, 7) is -0.991. The Balaban J connectivity index is 1.35. The van der Waals surface area contributed by atoms with Crippen molar-refractivity contribution in [1.82, 2.24) is 0 Å². The van der Waals surface area contributed by atoms with E-state index in [4.69, 9.17) is 23.7 Å². The second-order valence-electron chi connectivity index (χ2n) is 8.66. The molecule has 5 N–H and O–H groups in total. The number of rotatable bonds is 6. The lowest BCUT2D eigenvalue weighted by molar-refractivity contribution is -0.344. The van der Waals surface area contributed by atoms with Crippen molar-refractivity contribution < 1.29 is 54.0 Å². The van der Waals surface area contributed by atoms with Crippen LogP contribution in [0.15, 0.2) is 42.7 Å². The van der Waals surface area contributed by atoms with Gasteiger partial charge in [-0.1, -0.05) is 18.2 Å². The summed E-state index contributed by atoms with van der Waals surface area (Å²) >= 11 is 0. The molecule has 2 saturated heterocycles. The molecule has 0 unspecified atom stereocenters. The quantitative estimate of drug-likeness (QED) is 0.239. The SMILES string of the molecule is O=C(O[C@@H]1[C@H]2C=CO[C@@H](O[C@H]3O[C@H](CO)[C@@H](O)[C@H](O)[C@H]3O)[C@@H]2[C@]2(CO)O[C@@H]12)c1ccccc1. The van der Waals surface area contributed by atoms with Crippen molar-refractivity contribution in [3.63, 3.8) is 0 Å². The molecule has 0 spiro atoms. The Morgan fingerprint density at radius 2 is 1.79 bits per heavy atom. The van der Waals surface area contributed by atoms with E-state index in [0.29, 0.717) is 5.56 Å². The molecular weight excluding hydrogens is 440 g/mol. The second kappa shape index (κ2) is 8.60. The van der Waals surface area contributed by atoms with Crippen molar-refractivity contribution in [2.75, 3.05) is 13.2 Å². The van der Waals surface area contributed by atoms with Gasteiger partial charge in [0.2, 0.25) is 6.29 Å². The van der Waals surface area contributed by atoms with Gasteiger partial charge in [0.05, 0.1) is 31.0 Å². The van der Waals surface area contributed by atoms with Crippen LogP contribution in [-0.4, -0.2) is 99.5 Å². The predicted octanol–water partition coefficient (Wildman–Crippen LogP) is -1.73. The van der Waals surface area contributed by atoms with Gasteiger partial charge in [-0.15, -0.1) is 0 Å². The number of benzene rings is 1. The van der Waals surface area contributed by atoms with E-state index >= 15 is 0 Å². The first-order valence-corrected chi connectivity index (χ1v) is 10.7. The van der Waals surface area contributed by atoms with Gasteiger partial charge >= 0.3 is 5.97 Å². The molecule has 1 saturated carbocycles. The van der Waals surface area contributed by atoms with E-state index in [0.717, 1.165) is 0 Å². The molecular formula is C22H26O11. The van der Waals surface area contributed by atoms with Gasteiger partial charge in [0, 0.05) is 5.92 Å². The first kappa shape index (κ1) is 22.7. The van der Waals surface area contributed by atoms with Crippen LogP contribution in [0.2, 0.25) is 0 Å². The average Bonchev–Trinajstić information content (AvgIpc) is 3.52. The van der Waals surface area contributed by atoms with Gasteiger partial charge in [0.15, 0.2) is 6.29 Å². The number of epoxide rings is 1. The smallest absolute Gasteiger partial charge is 0.338 e. The highest BCUT2D eigenvalue weighted by molar-refractivity contribution is 5.89. The number of hydrogen-bond acceptors (Lipinski definition) is 11. The molecule has 4 aliphatic rings. The zero-order valence-electron chi connectivity index (χ0n) is 17.4. The zero-order chi connectivity index (χ0) is 23.3. The van der Waals surface area contributed by atoms with Gasteiger partial charge in [-0.05, 0) is 18.2 Å². The average molecular weight is 466 g/mol. The van der Waals surface area contributed by atoms with Gasteiger partial charge in [-0.25, -0.2) is 4.79 Å². The van der Waals surface area contributed by atoms with Crippen LogP contribution < -0.4 is 0 Å². The molecule has 11 heteroatoms. The summed E-state index contributed by atoms with van der Waals surface area (Å²) in [6, 6.07) is 8.49.